The van der Waals surface area contributed by atoms with Crippen LogP contribution in [-0.2, 0) is 4.74 Å². The molecule has 1 unspecified atom stereocenters. The van der Waals surface area contributed by atoms with Crippen molar-refractivity contribution < 1.29 is 19.4 Å². The van der Waals surface area contributed by atoms with Crippen molar-refractivity contribution in [3.05, 3.63) is 35.4 Å². The summed E-state index contributed by atoms with van der Waals surface area (Å²) < 4.78 is 5.73. The van der Waals surface area contributed by atoms with Gasteiger partial charge in [-0.3, -0.25) is 0 Å². The molecule has 0 spiro atoms. The maximum absolute atomic E-state index is 12.6. The average Bonchev–Trinajstić information content (AvgIpc) is 2.80. The number of rotatable bonds is 20. The molecule has 4 nitrogen and oxygen atoms in total. The molecule has 1 aromatic carbocycles. The molecule has 1 N–H and O–H groups in total. The lowest BCUT2D eigenvalue weighted by atomic mass is 10.0. The maximum Gasteiger partial charge on any atom is 0.339 e. The van der Waals surface area contributed by atoms with Crippen LogP contribution in [-0.4, -0.2) is 23.1 Å². The molecule has 0 aromatic heterocycles. The number of carboxylic acids is 1. The number of aromatic carboxylic acids is 1. The molecule has 0 heterocycles. The Morgan fingerprint density at radius 3 is 1.62 bits per heavy atom. The minimum absolute atomic E-state index is 0.00713. The number of hydrogen-bond donors (Lipinski definition) is 1. The smallest absolute Gasteiger partial charge is 0.339 e. The Balaban J connectivity index is 2.23. The third kappa shape index (κ3) is 12.9. The van der Waals surface area contributed by atoms with Crippen LogP contribution in [0.1, 0.15) is 144 Å². The van der Waals surface area contributed by atoms with E-state index < -0.39 is 11.9 Å². The molecular weight excluding hydrogens is 400 g/mol. The molecule has 1 atom stereocenters. The molecular formula is C28H46O4. The van der Waals surface area contributed by atoms with E-state index in [-0.39, 0.29) is 17.2 Å². The Kier molecular flexibility index (Phi) is 16.5. The number of esters is 1. The number of ether oxygens (including phenoxy) is 1. The lowest BCUT2D eigenvalue weighted by Gasteiger charge is -2.18. The third-order valence-corrected chi connectivity index (χ3v) is 6.16. The normalized spacial score (nSPS) is 11.9. The van der Waals surface area contributed by atoms with Crippen LogP contribution in [0.5, 0.6) is 0 Å². The zero-order valence-electron chi connectivity index (χ0n) is 20.6. The predicted octanol–water partition coefficient (Wildman–Crippen LogP) is 8.58. The minimum Gasteiger partial charge on any atom is -0.478 e. The van der Waals surface area contributed by atoms with Crippen LogP contribution in [0.4, 0.5) is 0 Å². The summed E-state index contributed by atoms with van der Waals surface area (Å²) >= 11 is 0. The first kappa shape index (κ1) is 28.2. The van der Waals surface area contributed by atoms with Crippen molar-refractivity contribution in [1.82, 2.24) is 0 Å². The van der Waals surface area contributed by atoms with Crippen molar-refractivity contribution in [2.75, 3.05) is 0 Å². The summed E-state index contributed by atoms with van der Waals surface area (Å²) in [5, 5.41) is 9.32. The molecule has 182 valence electrons. The highest BCUT2D eigenvalue weighted by Gasteiger charge is 2.20. The predicted molar refractivity (Wildman–Crippen MR) is 132 cm³/mol. The van der Waals surface area contributed by atoms with E-state index >= 15 is 0 Å². The molecule has 1 rings (SSSR count). The van der Waals surface area contributed by atoms with E-state index in [1.54, 1.807) is 12.1 Å². The fourth-order valence-corrected chi connectivity index (χ4v) is 4.15. The van der Waals surface area contributed by atoms with Gasteiger partial charge in [-0.1, -0.05) is 116 Å². The maximum atomic E-state index is 12.6. The van der Waals surface area contributed by atoms with Gasteiger partial charge in [0.25, 0.3) is 0 Å². The molecule has 4 heteroatoms. The highest BCUT2D eigenvalue weighted by atomic mass is 16.5. The Bertz CT molecular complexity index is 626. The lowest BCUT2D eigenvalue weighted by molar-refractivity contribution is 0.0245. The van der Waals surface area contributed by atoms with Crippen LogP contribution in [0.2, 0.25) is 0 Å². The van der Waals surface area contributed by atoms with E-state index in [1.165, 1.54) is 89.2 Å². The summed E-state index contributed by atoms with van der Waals surface area (Å²) in [7, 11) is 0. The van der Waals surface area contributed by atoms with Gasteiger partial charge >= 0.3 is 11.9 Å². The summed E-state index contributed by atoms with van der Waals surface area (Å²) in [5.74, 6) is -1.61. The van der Waals surface area contributed by atoms with Crippen molar-refractivity contribution in [1.29, 1.82) is 0 Å². The molecule has 0 fully saturated rings. The highest BCUT2D eigenvalue weighted by molar-refractivity contribution is 6.02. The van der Waals surface area contributed by atoms with Crippen LogP contribution in [0, 0.1) is 0 Å². The molecule has 0 radical (unpaired) electrons. The van der Waals surface area contributed by atoms with Crippen molar-refractivity contribution >= 4 is 11.9 Å². The van der Waals surface area contributed by atoms with Gasteiger partial charge in [-0.25, -0.2) is 9.59 Å². The standard InChI is InChI=1S/C28H46O4/c1-3-5-7-8-9-10-11-12-13-14-15-16-17-21-24(20-6-4-2)32-28(31)26-23-19-18-22-25(26)27(29)30/h18-19,22-24H,3-17,20-21H2,1-2H3,(H,29,30). The lowest BCUT2D eigenvalue weighted by Crippen LogP contribution is -2.20. The van der Waals surface area contributed by atoms with E-state index in [0.29, 0.717) is 0 Å². The van der Waals surface area contributed by atoms with Crippen molar-refractivity contribution in [3.8, 4) is 0 Å². The summed E-state index contributed by atoms with van der Waals surface area (Å²) in [6.45, 7) is 4.39. The van der Waals surface area contributed by atoms with Gasteiger partial charge in [0.05, 0.1) is 11.1 Å². The first-order valence-electron chi connectivity index (χ1n) is 13.1. The second-order valence-electron chi connectivity index (χ2n) is 9.05. The minimum atomic E-state index is -1.10. The monoisotopic (exact) mass is 446 g/mol. The topological polar surface area (TPSA) is 63.6 Å². The number of carbonyl (C=O) groups is 2. The Labute approximate surface area is 196 Å². The van der Waals surface area contributed by atoms with Gasteiger partial charge in [0.2, 0.25) is 0 Å². The van der Waals surface area contributed by atoms with Crippen LogP contribution >= 0.6 is 0 Å². The summed E-state index contributed by atoms with van der Waals surface area (Å²) in [5.41, 5.74) is 0.152. The van der Waals surface area contributed by atoms with Gasteiger partial charge in [0.1, 0.15) is 6.10 Å². The van der Waals surface area contributed by atoms with E-state index in [1.807, 2.05) is 0 Å². The molecule has 0 bridgehead atoms. The number of carboxylic acid groups (broad SMARTS) is 1. The number of benzene rings is 1. The molecule has 0 saturated carbocycles. The summed E-state index contributed by atoms with van der Waals surface area (Å²) in [6.07, 6.45) is 20.7. The Morgan fingerprint density at radius 1 is 0.688 bits per heavy atom. The highest BCUT2D eigenvalue weighted by Crippen LogP contribution is 2.19. The second kappa shape index (κ2) is 18.7. The Morgan fingerprint density at radius 2 is 1.12 bits per heavy atom. The first-order chi connectivity index (χ1) is 15.6. The molecule has 0 saturated heterocycles. The average molecular weight is 447 g/mol. The van der Waals surface area contributed by atoms with E-state index in [9.17, 15) is 14.7 Å². The molecule has 32 heavy (non-hydrogen) atoms. The van der Waals surface area contributed by atoms with E-state index in [4.69, 9.17) is 4.74 Å². The third-order valence-electron chi connectivity index (χ3n) is 6.16. The van der Waals surface area contributed by atoms with Crippen LogP contribution in [0.25, 0.3) is 0 Å². The van der Waals surface area contributed by atoms with Gasteiger partial charge in [-0.05, 0) is 31.4 Å². The van der Waals surface area contributed by atoms with Crippen LogP contribution in [0.3, 0.4) is 0 Å². The molecule has 0 aliphatic heterocycles. The zero-order chi connectivity index (χ0) is 23.4. The molecule has 0 aliphatic rings. The summed E-state index contributed by atoms with van der Waals surface area (Å²) in [6, 6.07) is 6.29. The Hall–Kier alpha value is -1.84. The van der Waals surface area contributed by atoms with Crippen molar-refractivity contribution in [3.63, 3.8) is 0 Å². The second-order valence-corrected chi connectivity index (χ2v) is 9.05. The molecule has 0 aliphatic carbocycles. The summed E-state index contributed by atoms with van der Waals surface area (Å²) in [4.78, 5) is 24.0. The van der Waals surface area contributed by atoms with Gasteiger partial charge < -0.3 is 9.84 Å². The fourth-order valence-electron chi connectivity index (χ4n) is 4.15. The van der Waals surface area contributed by atoms with Crippen molar-refractivity contribution in [2.45, 2.75) is 129 Å². The number of carbonyl (C=O) groups excluding carboxylic acids is 1. The number of hydrogen-bond acceptors (Lipinski definition) is 3. The van der Waals surface area contributed by atoms with Gasteiger partial charge in [0, 0.05) is 0 Å². The van der Waals surface area contributed by atoms with Gasteiger partial charge in [-0.15, -0.1) is 0 Å². The van der Waals surface area contributed by atoms with E-state index in [2.05, 4.69) is 13.8 Å². The van der Waals surface area contributed by atoms with Gasteiger partial charge in [0.15, 0.2) is 0 Å². The zero-order valence-corrected chi connectivity index (χ0v) is 20.6. The fraction of sp³-hybridized carbons (Fsp3) is 0.714. The SMILES string of the molecule is CCCCCCCCCCCCCCCC(CCCC)OC(=O)c1ccccc1C(=O)O. The quantitative estimate of drug-likeness (QED) is 0.161. The molecule has 1 aromatic rings. The van der Waals surface area contributed by atoms with E-state index in [0.717, 1.165) is 32.1 Å². The first-order valence-corrected chi connectivity index (χ1v) is 13.1. The number of unbranched alkanes of at least 4 members (excludes halogenated alkanes) is 13. The van der Waals surface area contributed by atoms with Crippen LogP contribution in [0.15, 0.2) is 24.3 Å². The van der Waals surface area contributed by atoms with Crippen molar-refractivity contribution in [2.24, 2.45) is 0 Å². The molecule has 0 amide bonds. The van der Waals surface area contributed by atoms with Gasteiger partial charge in [-0.2, -0.15) is 0 Å². The van der Waals surface area contributed by atoms with Crippen LogP contribution < -0.4 is 0 Å². The largest absolute Gasteiger partial charge is 0.478 e.